The number of rotatable bonds is 7. The molecule has 1 aliphatic heterocycles. The van der Waals surface area contributed by atoms with Gasteiger partial charge < -0.3 is 29.2 Å². The summed E-state index contributed by atoms with van der Waals surface area (Å²) in [5, 5.41) is 2.63. The van der Waals surface area contributed by atoms with E-state index in [4.69, 9.17) is 18.9 Å². The van der Waals surface area contributed by atoms with E-state index >= 15 is 0 Å². The molecule has 148 valence electrons. The number of carbonyl (C=O) groups is 2. The van der Waals surface area contributed by atoms with Crippen LogP contribution in [0.15, 0.2) is 36.4 Å². The van der Waals surface area contributed by atoms with Crippen LogP contribution in [0.1, 0.15) is 15.9 Å². The molecule has 8 nitrogen and oxygen atoms in total. The molecule has 0 spiro atoms. The standard InChI is InChI=1S/C20H22N2O6/c1-22(11-13-4-6-15(25-2)17(8-13)26-3)19(23)10-21-20(24)14-5-7-16-18(9-14)28-12-27-16/h4-9H,10-12H2,1-3H3,(H,21,24). The number of hydrogen-bond acceptors (Lipinski definition) is 6. The van der Waals surface area contributed by atoms with Crippen molar-refractivity contribution in [2.75, 3.05) is 34.6 Å². The van der Waals surface area contributed by atoms with Gasteiger partial charge in [0.15, 0.2) is 23.0 Å². The SMILES string of the molecule is COc1ccc(CN(C)C(=O)CNC(=O)c2ccc3c(c2)OCO3)cc1OC. The summed E-state index contributed by atoms with van der Waals surface area (Å²) in [6.07, 6.45) is 0. The Kier molecular flexibility index (Phi) is 5.88. The van der Waals surface area contributed by atoms with Gasteiger partial charge in [0.1, 0.15) is 0 Å². The van der Waals surface area contributed by atoms with Gasteiger partial charge in [-0.05, 0) is 35.9 Å². The van der Waals surface area contributed by atoms with Gasteiger partial charge in [-0.1, -0.05) is 6.07 Å². The van der Waals surface area contributed by atoms with E-state index in [1.807, 2.05) is 12.1 Å². The van der Waals surface area contributed by atoms with Crippen LogP contribution in [0.5, 0.6) is 23.0 Å². The van der Waals surface area contributed by atoms with Gasteiger partial charge in [-0.3, -0.25) is 9.59 Å². The molecule has 0 aliphatic carbocycles. The van der Waals surface area contributed by atoms with Crippen LogP contribution in [-0.4, -0.2) is 51.3 Å². The first kappa shape index (κ1) is 19.3. The van der Waals surface area contributed by atoms with E-state index in [1.54, 1.807) is 45.5 Å². The number of methoxy groups -OCH3 is 2. The summed E-state index contributed by atoms with van der Waals surface area (Å²) in [5.41, 5.74) is 1.29. The molecule has 3 rings (SSSR count). The first-order valence-corrected chi connectivity index (χ1v) is 8.64. The molecule has 28 heavy (non-hydrogen) atoms. The minimum Gasteiger partial charge on any atom is -0.493 e. The average molecular weight is 386 g/mol. The fourth-order valence-electron chi connectivity index (χ4n) is 2.77. The van der Waals surface area contributed by atoms with Gasteiger partial charge in [0.2, 0.25) is 12.7 Å². The van der Waals surface area contributed by atoms with Gasteiger partial charge in [-0.15, -0.1) is 0 Å². The van der Waals surface area contributed by atoms with Gasteiger partial charge in [-0.25, -0.2) is 0 Å². The molecule has 8 heteroatoms. The van der Waals surface area contributed by atoms with Gasteiger partial charge in [0.05, 0.1) is 20.8 Å². The Hall–Kier alpha value is -3.42. The Morgan fingerprint density at radius 2 is 1.79 bits per heavy atom. The Morgan fingerprint density at radius 1 is 1.04 bits per heavy atom. The molecule has 0 atom stereocenters. The molecule has 2 aromatic rings. The van der Waals surface area contributed by atoms with Crippen molar-refractivity contribution in [3.8, 4) is 23.0 Å². The minimum atomic E-state index is -0.355. The molecule has 0 radical (unpaired) electrons. The Balaban J connectivity index is 1.55. The molecule has 2 aromatic carbocycles. The predicted octanol–water partition coefficient (Wildman–Crippen LogP) is 1.82. The molecule has 0 fully saturated rings. The second kappa shape index (κ2) is 8.51. The van der Waals surface area contributed by atoms with Crippen molar-refractivity contribution in [3.05, 3.63) is 47.5 Å². The number of ether oxygens (including phenoxy) is 4. The third-order valence-corrected chi connectivity index (χ3v) is 4.33. The van der Waals surface area contributed by atoms with Crippen LogP contribution < -0.4 is 24.3 Å². The maximum absolute atomic E-state index is 12.4. The lowest BCUT2D eigenvalue weighted by atomic mass is 10.2. The lowest BCUT2D eigenvalue weighted by Crippen LogP contribution is -2.37. The zero-order valence-electron chi connectivity index (χ0n) is 16.0. The van der Waals surface area contributed by atoms with E-state index in [9.17, 15) is 9.59 Å². The maximum atomic E-state index is 12.4. The second-order valence-corrected chi connectivity index (χ2v) is 6.19. The molecule has 0 saturated heterocycles. The Morgan fingerprint density at radius 3 is 2.54 bits per heavy atom. The predicted molar refractivity (Wildman–Crippen MR) is 101 cm³/mol. The lowest BCUT2D eigenvalue weighted by Gasteiger charge is -2.18. The minimum absolute atomic E-state index is 0.114. The van der Waals surface area contributed by atoms with E-state index in [2.05, 4.69) is 5.32 Å². The summed E-state index contributed by atoms with van der Waals surface area (Å²) in [4.78, 5) is 26.2. The van der Waals surface area contributed by atoms with Crippen molar-refractivity contribution in [2.45, 2.75) is 6.54 Å². The molecule has 0 aromatic heterocycles. The fourth-order valence-corrected chi connectivity index (χ4v) is 2.77. The monoisotopic (exact) mass is 386 g/mol. The summed E-state index contributed by atoms with van der Waals surface area (Å²) in [5.74, 6) is 1.76. The summed E-state index contributed by atoms with van der Waals surface area (Å²) in [6.45, 7) is 0.399. The van der Waals surface area contributed by atoms with Crippen LogP contribution in [0.3, 0.4) is 0 Å². The van der Waals surface area contributed by atoms with E-state index in [0.29, 0.717) is 35.1 Å². The van der Waals surface area contributed by atoms with Crippen LogP contribution in [-0.2, 0) is 11.3 Å². The Labute approximate surface area is 162 Å². The fraction of sp³-hybridized carbons (Fsp3) is 0.300. The topological polar surface area (TPSA) is 86.3 Å². The van der Waals surface area contributed by atoms with E-state index in [-0.39, 0.29) is 25.2 Å². The number of fused-ring (bicyclic) bond motifs is 1. The summed E-state index contributed by atoms with van der Waals surface area (Å²) < 4.78 is 21.0. The lowest BCUT2D eigenvalue weighted by molar-refractivity contribution is -0.129. The smallest absolute Gasteiger partial charge is 0.251 e. The summed E-state index contributed by atoms with van der Waals surface area (Å²) >= 11 is 0. The number of carbonyl (C=O) groups excluding carboxylic acids is 2. The Bertz CT molecular complexity index is 883. The average Bonchev–Trinajstić information content (AvgIpc) is 3.19. The molecule has 1 aliphatic rings. The van der Waals surface area contributed by atoms with Gasteiger partial charge >= 0.3 is 0 Å². The highest BCUT2D eigenvalue weighted by molar-refractivity contribution is 5.97. The molecule has 1 heterocycles. The van der Waals surface area contributed by atoms with Crippen LogP contribution in [0, 0.1) is 0 Å². The molecule has 1 N–H and O–H groups in total. The quantitative estimate of drug-likeness (QED) is 0.781. The molecular weight excluding hydrogens is 364 g/mol. The normalized spacial score (nSPS) is 11.7. The number of likely N-dealkylation sites (N-methyl/N-ethyl adjacent to an activating group) is 1. The van der Waals surface area contributed by atoms with Crippen molar-refractivity contribution in [1.29, 1.82) is 0 Å². The summed E-state index contributed by atoms with van der Waals surface area (Å²) in [7, 11) is 4.80. The molecule has 0 bridgehead atoms. The number of amides is 2. The highest BCUT2D eigenvalue weighted by Gasteiger charge is 2.17. The number of benzene rings is 2. The zero-order valence-corrected chi connectivity index (χ0v) is 16.0. The van der Waals surface area contributed by atoms with Gasteiger partial charge in [0, 0.05) is 19.2 Å². The van der Waals surface area contributed by atoms with Crippen molar-refractivity contribution in [2.24, 2.45) is 0 Å². The second-order valence-electron chi connectivity index (χ2n) is 6.19. The first-order valence-electron chi connectivity index (χ1n) is 8.64. The van der Waals surface area contributed by atoms with Crippen molar-refractivity contribution < 1.29 is 28.5 Å². The van der Waals surface area contributed by atoms with Crippen molar-refractivity contribution in [3.63, 3.8) is 0 Å². The molecular formula is C20H22N2O6. The largest absolute Gasteiger partial charge is 0.493 e. The first-order chi connectivity index (χ1) is 13.5. The van der Waals surface area contributed by atoms with Gasteiger partial charge in [0.25, 0.3) is 5.91 Å². The van der Waals surface area contributed by atoms with Crippen molar-refractivity contribution in [1.82, 2.24) is 10.2 Å². The zero-order chi connectivity index (χ0) is 20.1. The van der Waals surface area contributed by atoms with Crippen molar-refractivity contribution >= 4 is 11.8 Å². The van der Waals surface area contributed by atoms with Crippen LogP contribution in [0.2, 0.25) is 0 Å². The highest BCUT2D eigenvalue weighted by atomic mass is 16.7. The van der Waals surface area contributed by atoms with Crippen LogP contribution in [0.4, 0.5) is 0 Å². The third kappa shape index (κ3) is 4.28. The van der Waals surface area contributed by atoms with E-state index in [1.165, 1.54) is 4.90 Å². The molecule has 0 saturated carbocycles. The highest BCUT2D eigenvalue weighted by Crippen LogP contribution is 2.32. The summed E-state index contributed by atoms with van der Waals surface area (Å²) in [6, 6.07) is 10.3. The maximum Gasteiger partial charge on any atom is 0.251 e. The number of nitrogens with one attached hydrogen (secondary N) is 1. The number of nitrogens with zero attached hydrogens (tertiary/aromatic N) is 1. The van der Waals surface area contributed by atoms with Crippen LogP contribution in [0.25, 0.3) is 0 Å². The van der Waals surface area contributed by atoms with Crippen LogP contribution >= 0.6 is 0 Å². The van der Waals surface area contributed by atoms with E-state index in [0.717, 1.165) is 5.56 Å². The van der Waals surface area contributed by atoms with E-state index < -0.39 is 0 Å². The number of hydrogen-bond donors (Lipinski definition) is 1. The van der Waals surface area contributed by atoms with Gasteiger partial charge in [-0.2, -0.15) is 0 Å². The molecule has 0 unspecified atom stereocenters. The third-order valence-electron chi connectivity index (χ3n) is 4.33. The molecule has 2 amide bonds.